The Morgan fingerprint density at radius 3 is 2.74 bits per heavy atom. The fourth-order valence-electron chi connectivity index (χ4n) is 2.67. The second kappa shape index (κ2) is 7.20. The topological polar surface area (TPSA) is 66.5 Å². The van der Waals surface area contributed by atoms with E-state index in [1.807, 2.05) is 39.0 Å². The number of hydrogen-bond donors (Lipinski definition) is 1. The first kappa shape index (κ1) is 18.2. The summed E-state index contributed by atoms with van der Waals surface area (Å²) in [5.41, 5.74) is 1.87. The van der Waals surface area contributed by atoms with Crippen LogP contribution in [0.2, 0.25) is 5.02 Å². The van der Waals surface area contributed by atoms with E-state index in [-0.39, 0.29) is 17.6 Å². The van der Waals surface area contributed by atoms with Crippen LogP contribution in [0, 0.1) is 12.8 Å². The Kier molecular flexibility index (Phi) is 5.70. The number of rotatable bonds is 5. The first-order valence-electron chi connectivity index (χ1n) is 7.73. The second-order valence-corrected chi connectivity index (χ2v) is 8.84. The molecular weight excluding hydrogens is 336 g/mol. The molecule has 23 heavy (non-hydrogen) atoms. The quantitative estimate of drug-likeness (QED) is 0.878. The summed E-state index contributed by atoms with van der Waals surface area (Å²) in [4.78, 5) is 12.4. The van der Waals surface area contributed by atoms with Gasteiger partial charge in [0, 0.05) is 18.1 Å². The Bertz CT molecular complexity index is 689. The van der Waals surface area contributed by atoms with Crippen LogP contribution in [0.25, 0.3) is 0 Å². The summed E-state index contributed by atoms with van der Waals surface area (Å²) in [5.74, 6) is -0.0589. The molecule has 1 saturated heterocycles. The molecule has 2 rings (SSSR count). The zero-order valence-corrected chi connectivity index (χ0v) is 15.2. The molecule has 1 atom stereocenters. The van der Waals surface area contributed by atoms with Crippen molar-refractivity contribution < 1.29 is 13.2 Å². The molecule has 5 nitrogen and oxygen atoms in total. The minimum atomic E-state index is -3.33. The van der Waals surface area contributed by atoms with E-state index in [4.69, 9.17) is 11.6 Å². The van der Waals surface area contributed by atoms with Crippen LogP contribution >= 0.6 is 11.6 Å². The van der Waals surface area contributed by atoms with Gasteiger partial charge < -0.3 is 5.32 Å². The average Bonchev–Trinajstić information content (AvgIpc) is 2.73. The predicted octanol–water partition coefficient (Wildman–Crippen LogP) is 2.32. The Morgan fingerprint density at radius 2 is 2.13 bits per heavy atom. The van der Waals surface area contributed by atoms with E-state index in [0.29, 0.717) is 24.5 Å². The summed E-state index contributed by atoms with van der Waals surface area (Å²) in [5, 5.41) is 3.41. The van der Waals surface area contributed by atoms with Crippen molar-refractivity contribution in [2.75, 3.05) is 12.3 Å². The SMILES string of the molecule is Cc1ccc(CNC(=O)C2CCS(=O)(=O)N2CC(C)C)c(Cl)c1. The average molecular weight is 359 g/mol. The molecule has 0 aromatic heterocycles. The molecule has 1 fully saturated rings. The van der Waals surface area contributed by atoms with Crippen LogP contribution in [0.5, 0.6) is 0 Å². The molecule has 1 amide bonds. The smallest absolute Gasteiger partial charge is 0.238 e. The van der Waals surface area contributed by atoms with Crippen LogP contribution in [0.4, 0.5) is 0 Å². The summed E-state index contributed by atoms with van der Waals surface area (Å²) in [6, 6.07) is 5.02. The maximum Gasteiger partial charge on any atom is 0.238 e. The Labute approximate surface area is 143 Å². The number of aryl methyl sites for hydroxylation is 1. The third kappa shape index (κ3) is 4.46. The molecule has 0 saturated carbocycles. The van der Waals surface area contributed by atoms with Crippen molar-refractivity contribution in [3.8, 4) is 0 Å². The zero-order chi connectivity index (χ0) is 17.2. The Morgan fingerprint density at radius 1 is 1.43 bits per heavy atom. The van der Waals surface area contributed by atoms with Gasteiger partial charge in [-0.15, -0.1) is 0 Å². The molecule has 1 heterocycles. The molecule has 1 N–H and O–H groups in total. The minimum Gasteiger partial charge on any atom is -0.351 e. The van der Waals surface area contributed by atoms with Crippen molar-refractivity contribution in [3.63, 3.8) is 0 Å². The summed E-state index contributed by atoms with van der Waals surface area (Å²) >= 11 is 6.16. The number of carbonyl (C=O) groups excluding carboxylic acids is 1. The predicted molar refractivity (Wildman–Crippen MR) is 91.8 cm³/mol. The Balaban J connectivity index is 2.05. The van der Waals surface area contributed by atoms with Gasteiger partial charge in [0.25, 0.3) is 0 Å². The molecular formula is C16H23ClN2O3S. The highest BCUT2D eigenvalue weighted by Crippen LogP contribution is 2.23. The highest BCUT2D eigenvalue weighted by atomic mass is 35.5. The number of amides is 1. The van der Waals surface area contributed by atoms with E-state index in [2.05, 4.69) is 5.32 Å². The van der Waals surface area contributed by atoms with E-state index >= 15 is 0 Å². The van der Waals surface area contributed by atoms with Gasteiger partial charge in [-0.3, -0.25) is 4.79 Å². The third-order valence-electron chi connectivity index (χ3n) is 3.86. The van der Waals surface area contributed by atoms with Gasteiger partial charge in [0.2, 0.25) is 15.9 Å². The van der Waals surface area contributed by atoms with E-state index in [9.17, 15) is 13.2 Å². The van der Waals surface area contributed by atoms with Crippen molar-refractivity contribution in [1.29, 1.82) is 0 Å². The van der Waals surface area contributed by atoms with E-state index in [0.717, 1.165) is 11.1 Å². The molecule has 128 valence electrons. The third-order valence-corrected chi connectivity index (χ3v) is 6.09. The maximum atomic E-state index is 12.4. The van der Waals surface area contributed by atoms with Crippen LogP contribution in [0.15, 0.2) is 18.2 Å². The zero-order valence-electron chi connectivity index (χ0n) is 13.7. The largest absolute Gasteiger partial charge is 0.351 e. The van der Waals surface area contributed by atoms with Crippen molar-refractivity contribution in [1.82, 2.24) is 9.62 Å². The van der Waals surface area contributed by atoms with Crippen LogP contribution in [0.1, 0.15) is 31.4 Å². The molecule has 1 unspecified atom stereocenters. The molecule has 7 heteroatoms. The second-order valence-electron chi connectivity index (χ2n) is 6.40. The van der Waals surface area contributed by atoms with Crippen molar-refractivity contribution >= 4 is 27.5 Å². The number of nitrogens with one attached hydrogen (secondary N) is 1. The van der Waals surface area contributed by atoms with Crippen LogP contribution in [0.3, 0.4) is 0 Å². The lowest BCUT2D eigenvalue weighted by Crippen LogP contribution is -2.45. The van der Waals surface area contributed by atoms with Crippen LogP contribution in [-0.4, -0.2) is 37.0 Å². The lowest BCUT2D eigenvalue weighted by Gasteiger charge is -2.24. The van der Waals surface area contributed by atoms with Crippen molar-refractivity contribution in [2.24, 2.45) is 5.92 Å². The minimum absolute atomic E-state index is 0.0308. The number of carbonyl (C=O) groups is 1. The molecule has 1 aromatic rings. The van der Waals surface area contributed by atoms with Crippen LogP contribution < -0.4 is 5.32 Å². The summed E-state index contributed by atoms with van der Waals surface area (Å²) < 4.78 is 25.5. The summed E-state index contributed by atoms with van der Waals surface area (Å²) in [6.07, 6.45) is 0.336. The molecule has 1 aliphatic heterocycles. The van der Waals surface area contributed by atoms with Gasteiger partial charge in [-0.25, -0.2) is 8.42 Å². The normalized spacial score (nSPS) is 20.8. The lowest BCUT2D eigenvalue weighted by molar-refractivity contribution is -0.124. The first-order valence-corrected chi connectivity index (χ1v) is 9.71. The number of benzene rings is 1. The van der Waals surface area contributed by atoms with E-state index in [1.54, 1.807) is 0 Å². The highest BCUT2D eigenvalue weighted by molar-refractivity contribution is 7.89. The molecule has 1 aromatic carbocycles. The molecule has 0 aliphatic carbocycles. The maximum absolute atomic E-state index is 12.4. The fraction of sp³-hybridized carbons (Fsp3) is 0.562. The molecule has 0 spiro atoms. The van der Waals surface area contributed by atoms with Gasteiger partial charge >= 0.3 is 0 Å². The van der Waals surface area contributed by atoms with Gasteiger partial charge in [0.15, 0.2) is 0 Å². The fourth-order valence-corrected chi connectivity index (χ4v) is 4.85. The Hall–Kier alpha value is -1.11. The van der Waals surface area contributed by atoms with Gasteiger partial charge in [-0.1, -0.05) is 37.6 Å². The number of halogens is 1. The lowest BCUT2D eigenvalue weighted by atomic mass is 10.1. The number of sulfonamides is 1. The van der Waals surface area contributed by atoms with E-state index in [1.165, 1.54) is 4.31 Å². The standard InChI is InChI=1S/C16H23ClN2O3S/c1-11(2)10-19-15(6-7-23(19,21)22)16(20)18-9-13-5-4-12(3)8-14(13)17/h4-5,8,11,15H,6-7,9-10H2,1-3H3,(H,18,20). The van der Waals surface area contributed by atoms with Crippen molar-refractivity contribution in [3.05, 3.63) is 34.3 Å². The van der Waals surface area contributed by atoms with Crippen LogP contribution in [-0.2, 0) is 21.4 Å². The van der Waals surface area contributed by atoms with Gasteiger partial charge in [-0.2, -0.15) is 4.31 Å². The number of hydrogen-bond acceptors (Lipinski definition) is 3. The summed E-state index contributed by atoms with van der Waals surface area (Å²) in [6.45, 7) is 6.49. The van der Waals surface area contributed by atoms with E-state index < -0.39 is 16.1 Å². The van der Waals surface area contributed by atoms with Gasteiger partial charge in [0.1, 0.15) is 6.04 Å². The number of nitrogens with zero attached hydrogens (tertiary/aromatic N) is 1. The van der Waals surface area contributed by atoms with Crippen molar-refractivity contribution in [2.45, 2.75) is 39.8 Å². The molecule has 0 radical (unpaired) electrons. The van der Waals surface area contributed by atoms with Gasteiger partial charge in [-0.05, 0) is 36.5 Å². The highest BCUT2D eigenvalue weighted by Gasteiger charge is 2.41. The first-order chi connectivity index (χ1) is 10.7. The monoisotopic (exact) mass is 358 g/mol. The summed E-state index contributed by atoms with van der Waals surface area (Å²) in [7, 11) is -3.33. The molecule has 1 aliphatic rings. The van der Waals surface area contributed by atoms with Gasteiger partial charge in [0.05, 0.1) is 5.75 Å². The molecule has 0 bridgehead atoms.